The van der Waals surface area contributed by atoms with Crippen molar-refractivity contribution in [2.45, 2.75) is 113 Å². The van der Waals surface area contributed by atoms with Crippen LogP contribution in [0.2, 0.25) is 0 Å². The summed E-state index contributed by atoms with van der Waals surface area (Å²) in [5, 5.41) is 11.5. The zero-order valence-electron chi connectivity index (χ0n) is 24.4. The van der Waals surface area contributed by atoms with Gasteiger partial charge in [-0.05, 0) is 103 Å². The number of esters is 1. The molecule has 37 heavy (non-hydrogen) atoms. The molecule has 3 aliphatic rings. The molecule has 2 aliphatic carbocycles. The van der Waals surface area contributed by atoms with Crippen molar-refractivity contribution in [2.75, 3.05) is 0 Å². The molecule has 0 unspecified atom stereocenters. The number of benzene rings is 1. The van der Waals surface area contributed by atoms with Gasteiger partial charge in [-0.2, -0.15) is 0 Å². The highest BCUT2D eigenvalue weighted by Crippen LogP contribution is 2.66. The molecule has 2 fully saturated rings. The number of hydrogen-bond acceptors (Lipinski definition) is 4. The lowest BCUT2D eigenvalue weighted by Gasteiger charge is -2.39. The number of ether oxygens (including phenoxy) is 2. The van der Waals surface area contributed by atoms with Gasteiger partial charge in [0.2, 0.25) is 0 Å². The average molecular weight is 507 g/mol. The highest BCUT2D eigenvalue weighted by molar-refractivity contribution is 5.96. The molecule has 1 N–H and O–H groups in total. The number of fused-ring (bicyclic) bond motifs is 3. The van der Waals surface area contributed by atoms with Crippen LogP contribution < -0.4 is 4.74 Å². The van der Waals surface area contributed by atoms with Gasteiger partial charge >= 0.3 is 5.97 Å². The number of phenolic OH excluding ortho intramolecular Hbond substituents is 1. The van der Waals surface area contributed by atoms with Crippen molar-refractivity contribution >= 4 is 5.97 Å². The summed E-state index contributed by atoms with van der Waals surface area (Å²) in [4.78, 5) is 13.7. The molecule has 1 aromatic rings. The first-order valence-electron chi connectivity index (χ1n) is 13.9. The maximum atomic E-state index is 13.7. The van der Waals surface area contributed by atoms with Crippen LogP contribution in [-0.2, 0) is 17.6 Å². The molecule has 1 aromatic carbocycles. The molecule has 1 heterocycles. The van der Waals surface area contributed by atoms with Gasteiger partial charge in [-0.1, -0.05) is 50.1 Å². The van der Waals surface area contributed by atoms with Crippen LogP contribution in [0.15, 0.2) is 35.5 Å². The Hall–Kier alpha value is -2.49. The average Bonchev–Trinajstić information content (AvgIpc) is 3.12. The summed E-state index contributed by atoms with van der Waals surface area (Å²) in [6, 6.07) is 0. The summed E-state index contributed by atoms with van der Waals surface area (Å²) in [6.45, 7) is 19.2. The lowest BCUT2D eigenvalue weighted by atomic mass is 9.70. The summed E-state index contributed by atoms with van der Waals surface area (Å²) < 4.78 is 12.9. The molecule has 2 bridgehead atoms. The Morgan fingerprint density at radius 3 is 2.38 bits per heavy atom. The minimum absolute atomic E-state index is 0.0290. The molecule has 4 nitrogen and oxygen atoms in total. The van der Waals surface area contributed by atoms with Crippen LogP contribution >= 0.6 is 0 Å². The Bertz CT molecular complexity index is 1180. The topological polar surface area (TPSA) is 55.8 Å². The SMILES string of the molecule is CC(C)=CC=C[C@@]1(C)CCc2c(O)c(C(=O)O[C@H]3C[C@H]4CC[C@]3(C)C4(C)C)c(C)c(CC=C(C)C)c2O1. The molecule has 0 saturated heterocycles. The Morgan fingerprint density at radius 1 is 1.11 bits per heavy atom. The van der Waals surface area contributed by atoms with Gasteiger partial charge in [-0.25, -0.2) is 4.79 Å². The predicted octanol–water partition coefficient (Wildman–Crippen LogP) is 8.19. The number of phenols is 1. The molecule has 4 atom stereocenters. The Balaban J connectivity index is 1.72. The van der Waals surface area contributed by atoms with E-state index in [0.717, 1.165) is 36.0 Å². The lowest BCUT2D eigenvalue weighted by Crippen LogP contribution is -2.38. The van der Waals surface area contributed by atoms with E-state index < -0.39 is 11.6 Å². The quantitative estimate of drug-likeness (QED) is 0.240. The van der Waals surface area contributed by atoms with E-state index in [1.165, 1.54) is 17.6 Å². The lowest BCUT2D eigenvalue weighted by molar-refractivity contribution is -0.0245. The minimum Gasteiger partial charge on any atom is -0.507 e. The van der Waals surface area contributed by atoms with Crippen molar-refractivity contribution in [3.8, 4) is 11.5 Å². The number of carbonyl (C=O) groups is 1. The molecule has 0 aromatic heterocycles. The van der Waals surface area contributed by atoms with E-state index in [0.29, 0.717) is 30.1 Å². The standard InChI is InChI=1S/C33H46O4/c1-20(2)11-10-16-32(8)17-15-25-28(34)27(22(5)24(29(25)37-32)13-12-21(3)4)30(35)36-26-19-23-14-18-33(26,9)31(23,6)7/h10-12,16,23,26,34H,13-15,17-19H2,1-9H3/t23-,26+,32+,33+/m1/s1. The number of carbonyl (C=O) groups excluding carboxylic acids is 1. The fraction of sp³-hybridized carbons (Fsp3) is 0.606. The van der Waals surface area contributed by atoms with Crippen LogP contribution in [0.5, 0.6) is 11.5 Å². The van der Waals surface area contributed by atoms with E-state index in [1.54, 1.807) is 0 Å². The van der Waals surface area contributed by atoms with Gasteiger partial charge in [-0.15, -0.1) is 0 Å². The first kappa shape index (κ1) is 27.5. The second-order valence-electron chi connectivity index (χ2n) is 13.1. The van der Waals surface area contributed by atoms with E-state index in [-0.39, 0.29) is 22.7 Å². The van der Waals surface area contributed by atoms with Gasteiger partial charge < -0.3 is 14.6 Å². The molecule has 1 aliphatic heterocycles. The third kappa shape index (κ3) is 4.77. The Morgan fingerprint density at radius 2 is 1.81 bits per heavy atom. The predicted molar refractivity (Wildman–Crippen MR) is 150 cm³/mol. The number of hydrogen-bond donors (Lipinski definition) is 1. The van der Waals surface area contributed by atoms with E-state index >= 15 is 0 Å². The van der Waals surface area contributed by atoms with Crippen molar-refractivity contribution in [3.63, 3.8) is 0 Å². The van der Waals surface area contributed by atoms with Gasteiger partial charge in [0, 0.05) is 16.5 Å². The monoisotopic (exact) mass is 506 g/mol. The fourth-order valence-corrected chi connectivity index (χ4v) is 6.81. The second kappa shape index (κ2) is 9.67. The smallest absolute Gasteiger partial charge is 0.342 e. The highest BCUT2D eigenvalue weighted by Gasteiger charge is 2.63. The highest BCUT2D eigenvalue weighted by atomic mass is 16.5. The number of rotatable bonds is 6. The van der Waals surface area contributed by atoms with Gasteiger partial charge in [0.15, 0.2) is 0 Å². The van der Waals surface area contributed by atoms with Crippen LogP contribution in [0.1, 0.15) is 108 Å². The Kier molecular flexibility index (Phi) is 7.20. The van der Waals surface area contributed by atoms with E-state index in [1.807, 2.05) is 13.0 Å². The second-order valence-corrected chi connectivity index (χ2v) is 13.1. The van der Waals surface area contributed by atoms with Crippen molar-refractivity contribution in [3.05, 3.63) is 57.7 Å². The zero-order chi connectivity index (χ0) is 27.3. The molecular formula is C33H46O4. The molecule has 4 rings (SSSR count). The summed E-state index contributed by atoms with van der Waals surface area (Å²) in [5.41, 5.74) is 4.81. The summed E-state index contributed by atoms with van der Waals surface area (Å²) >= 11 is 0. The van der Waals surface area contributed by atoms with Crippen LogP contribution in [0, 0.1) is 23.7 Å². The third-order valence-corrected chi connectivity index (χ3v) is 9.87. The van der Waals surface area contributed by atoms with Crippen molar-refractivity contribution in [1.82, 2.24) is 0 Å². The first-order valence-corrected chi connectivity index (χ1v) is 13.9. The Labute approximate surface area is 223 Å². The first-order chi connectivity index (χ1) is 17.2. The van der Waals surface area contributed by atoms with Crippen molar-refractivity contribution in [1.29, 1.82) is 0 Å². The maximum absolute atomic E-state index is 13.7. The van der Waals surface area contributed by atoms with Gasteiger partial charge in [0.1, 0.15) is 28.8 Å². The molecular weight excluding hydrogens is 460 g/mol. The molecule has 0 radical (unpaired) electrons. The normalized spacial score (nSPS) is 29.5. The van der Waals surface area contributed by atoms with E-state index in [4.69, 9.17) is 9.47 Å². The van der Waals surface area contributed by atoms with Gasteiger partial charge in [0.05, 0.1) is 0 Å². The summed E-state index contributed by atoms with van der Waals surface area (Å²) in [6.07, 6.45) is 13.4. The fourth-order valence-electron chi connectivity index (χ4n) is 6.81. The molecule has 202 valence electrons. The molecule has 0 spiro atoms. The van der Waals surface area contributed by atoms with Gasteiger partial charge in [0.25, 0.3) is 0 Å². The summed E-state index contributed by atoms with van der Waals surface area (Å²) in [7, 11) is 0. The van der Waals surface area contributed by atoms with Crippen molar-refractivity contribution < 1.29 is 19.4 Å². The largest absolute Gasteiger partial charge is 0.507 e. The minimum atomic E-state index is -0.483. The van der Waals surface area contributed by atoms with Crippen LogP contribution in [0.4, 0.5) is 0 Å². The van der Waals surface area contributed by atoms with E-state index in [2.05, 4.69) is 73.6 Å². The number of allylic oxidation sites excluding steroid dienone is 5. The van der Waals surface area contributed by atoms with E-state index in [9.17, 15) is 9.90 Å². The maximum Gasteiger partial charge on any atom is 0.342 e. The van der Waals surface area contributed by atoms with Crippen LogP contribution in [0.3, 0.4) is 0 Å². The summed E-state index contributed by atoms with van der Waals surface area (Å²) in [5.74, 6) is 0.920. The van der Waals surface area contributed by atoms with Crippen molar-refractivity contribution in [2.24, 2.45) is 16.7 Å². The third-order valence-electron chi connectivity index (χ3n) is 9.87. The molecule has 4 heteroatoms. The molecule has 2 saturated carbocycles. The van der Waals surface area contributed by atoms with Gasteiger partial charge in [-0.3, -0.25) is 0 Å². The van der Waals surface area contributed by atoms with Crippen LogP contribution in [0.25, 0.3) is 0 Å². The molecule has 0 amide bonds. The zero-order valence-corrected chi connectivity index (χ0v) is 24.4. The number of aromatic hydroxyl groups is 1. The van der Waals surface area contributed by atoms with Crippen LogP contribution in [-0.4, -0.2) is 22.8 Å².